The molecule has 1 unspecified atom stereocenters. The standard InChI is InChI=1S/C16H32O/c1-4-12-16(17)14-11-9-7-6-8-10-13-15(3)5-2/h15H,4-14H2,1-3H3. The topological polar surface area (TPSA) is 17.1 Å². The van der Waals surface area contributed by atoms with Crippen molar-refractivity contribution in [3.8, 4) is 0 Å². The van der Waals surface area contributed by atoms with Gasteiger partial charge in [-0.3, -0.25) is 4.79 Å². The molecule has 1 heteroatoms. The zero-order valence-electron chi connectivity index (χ0n) is 12.3. The molecule has 0 aliphatic rings. The SMILES string of the molecule is CCCC(=O)CCCCCCCCC(C)CC. The minimum atomic E-state index is 0.462. The summed E-state index contributed by atoms with van der Waals surface area (Å²) in [6.45, 7) is 6.70. The van der Waals surface area contributed by atoms with E-state index in [-0.39, 0.29) is 0 Å². The fraction of sp³-hybridized carbons (Fsp3) is 0.938. The molecule has 0 aliphatic heterocycles. The average molecular weight is 240 g/mol. The van der Waals surface area contributed by atoms with Gasteiger partial charge in [0.15, 0.2) is 0 Å². The van der Waals surface area contributed by atoms with Crippen molar-refractivity contribution in [1.29, 1.82) is 0 Å². The molecule has 0 saturated heterocycles. The van der Waals surface area contributed by atoms with E-state index in [1.54, 1.807) is 0 Å². The minimum Gasteiger partial charge on any atom is -0.300 e. The van der Waals surface area contributed by atoms with Gasteiger partial charge in [-0.05, 0) is 18.8 Å². The van der Waals surface area contributed by atoms with Crippen LogP contribution >= 0.6 is 0 Å². The Hall–Kier alpha value is -0.330. The van der Waals surface area contributed by atoms with Crippen LogP contribution in [0.5, 0.6) is 0 Å². The molecule has 0 spiro atoms. The van der Waals surface area contributed by atoms with Gasteiger partial charge in [-0.1, -0.05) is 65.7 Å². The van der Waals surface area contributed by atoms with Crippen LogP contribution in [0.15, 0.2) is 0 Å². The highest BCUT2D eigenvalue weighted by atomic mass is 16.1. The van der Waals surface area contributed by atoms with E-state index in [2.05, 4.69) is 20.8 Å². The van der Waals surface area contributed by atoms with Crippen molar-refractivity contribution in [3.63, 3.8) is 0 Å². The van der Waals surface area contributed by atoms with E-state index in [1.807, 2.05) is 0 Å². The Morgan fingerprint density at radius 2 is 1.47 bits per heavy atom. The van der Waals surface area contributed by atoms with Gasteiger partial charge in [0.2, 0.25) is 0 Å². The first-order chi connectivity index (χ1) is 8.20. The van der Waals surface area contributed by atoms with Gasteiger partial charge in [-0.2, -0.15) is 0 Å². The smallest absolute Gasteiger partial charge is 0.132 e. The quantitative estimate of drug-likeness (QED) is 0.410. The predicted octanol–water partition coefficient (Wildman–Crippen LogP) is 5.52. The van der Waals surface area contributed by atoms with Crippen molar-refractivity contribution in [3.05, 3.63) is 0 Å². The Bertz CT molecular complexity index is 174. The van der Waals surface area contributed by atoms with E-state index < -0.39 is 0 Å². The van der Waals surface area contributed by atoms with Crippen LogP contribution < -0.4 is 0 Å². The number of ketones is 1. The second kappa shape index (κ2) is 12.1. The van der Waals surface area contributed by atoms with Gasteiger partial charge < -0.3 is 0 Å². The number of unbranched alkanes of at least 4 members (excludes halogenated alkanes) is 5. The van der Waals surface area contributed by atoms with E-state index in [1.165, 1.54) is 44.9 Å². The van der Waals surface area contributed by atoms with Crippen LogP contribution in [-0.4, -0.2) is 5.78 Å². The molecule has 0 N–H and O–H groups in total. The van der Waals surface area contributed by atoms with Crippen molar-refractivity contribution in [2.75, 3.05) is 0 Å². The summed E-state index contributed by atoms with van der Waals surface area (Å²) in [4.78, 5) is 11.3. The van der Waals surface area contributed by atoms with E-state index in [0.29, 0.717) is 5.78 Å². The maximum Gasteiger partial charge on any atom is 0.132 e. The zero-order valence-corrected chi connectivity index (χ0v) is 12.3. The molecule has 0 aromatic rings. The van der Waals surface area contributed by atoms with Crippen LogP contribution in [0.2, 0.25) is 0 Å². The third-order valence-corrected chi connectivity index (χ3v) is 3.63. The number of carbonyl (C=O) groups excluding carboxylic acids is 1. The summed E-state index contributed by atoms with van der Waals surface area (Å²) < 4.78 is 0. The van der Waals surface area contributed by atoms with Crippen LogP contribution in [0.1, 0.15) is 91.4 Å². The zero-order chi connectivity index (χ0) is 12.9. The fourth-order valence-electron chi connectivity index (χ4n) is 2.13. The summed E-state index contributed by atoms with van der Waals surface area (Å²) in [7, 11) is 0. The van der Waals surface area contributed by atoms with Crippen LogP contribution in [0.25, 0.3) is 0 Å². The Morgan fingerprint density at radius 3 is 2.06 bits per heavy atom. The van der Waals surface area contributed by atoms with Crippen LogP contribution in [0.3, 0.4) is 0 Å². The first-order valence-electron chi connectivity index (χ1n) is 7.72. The average Bonchev–Trinajstić information content (AvgIpc) is 2.32. The molecule has 0 radical (unpaired) electrons. The molecule has 0 bridgehead atoms. The lowest BCUT2D eigenvalue weighted by Gasteiger charge is -2.07. The molecular formula is C16H32O. The molecule has 0 fully saturated rings. The van der Waals surface area contributed by atoms with Crippen molar-refractivity contribution < 1.29 is 4.79 Å². The molecule has 0 heterocycles. The van der Waals surface area contributed by atoms with Gasteiger partial charge in [-0.25, -0.2) is 0 Å². The third-order valence-electron chi connectivity index (χ3n) is 3.63. The van der Waals surface area contributed by atoms with Crippen LogP contribution in [-0.2, 0) is 4.79 Å². The Kier molecular flexibility index (Phi) is 11.9. The van der Waals surface area contributed by atoms with E-state index >= 15 is 0 Å². The summed E-state index contributed by atoms with van der Waals surface area (Å²) >= 11 is 0. The highest BCUT2D eigenvalue weighted by Gasteiger charge is 2.00. The summed E-state index contributed by atoms with van der Waals surface area (Å²) in [5.41, 5.74) is 0. The maximum absolute atomic E-state index is 11.3. The van der Waals surface area contributed by atoms with Gasteiger partial charge in [0.05, 0.1) is 0 Å². The highest BCUT2D eigenvalue weighted by Crippen LogP contribution is 2.14. The lowest BCUT2D eigenvalue weighted by atomic mass is 9.99. The molecule has 0 aliphatic carbocycles. The maximum atomic E-state index is 11.3. The van der Waals surface area contributed by atoms with E-state index in [0.717, 1.165) is 31.6 Å². The summed E-state index contributed by atoms with van der Waals surface area (Å²) in [5, 5.41) is 0. The van der Waals surface area contributed by atoms with Crippen LogP contribution in [0.4, 0.5) is 0 Å². The van der Waals surface area contributed by atoms with Gasteiger partial charge in [0.1, 0.15) is 5.78 Å². The first-order valence-corrected chi connectivity index (χ1v) is 7.72. The molecule has 0 rings (SSSR count). The van der Waals surface area contributed by atoms with Gasteiger partial charge in [0.25, 0.3) is 0 Å². The minimum absolute atomic E-state index is 0.462. The summed E-state index contributed by atoms with van der Waals surface area (Å²) in [5.74, 6) is 1.37. The highest BCUT2D eigenvalue weighted by molar-refractivity contribution is 5.78. The first kappa shape index (κ1) is 16.7. The third kappa shape index (κ3) is 11.9. The van der Waals surface area contributed by atoms with Crippen LogP contribution in [0, 0.1) is 5.92 Å². The number of hydrogen-bond acceptors (Lipinski definition) is 1. The van der Waals surface area contributed by atoms with Crippen molar-refractivity contribution in [1.82, 2.24) is 0 Å². The fourth-order valence-corrected chi connectivity index (χ4v) is 2.13. The van der Waals surface area contributed by atoms with E-state index in [9.17, 15) is 4.79 Å². The molecule has 102 valence electrons. The summed E-state index contributed by atoms with van der Waals surface area (Å²) in [6, 6.07) is 0. The Morgan fingerprint density at radius 1 is 0.882 bits per heavy atom. The lowest BCUT2D eigenvalue weighted by Crippen LogP contribution is -1.96. The van der Waals surface area contributed by atoms with Crippen molar-refractivity contribution >= 4 is 5.78 Å². The molecule has 1 atom stereocenters. The van der Waals surface area contributed by atoms with Gasteiger partial charge in [-0.15, -0.1) is 0 Å². The number of hydrogen-bond donors (Lipinski definition) is 0. The van der Waals surface area contributed by atoms with E-state index in [4.69, 9.17) is 0 Å². The Labute approximate surface area is 108 Å². The van der Waals surface area contributed by atoms with Crippen molar-refractivity contribution in [2.24, 2.45) is 5.92 Å². The summed E-state index contributed by atoms with van der Waals surface area (Å²) in [6.07, 6.45) is 13.1. The monoisotopic (exact) mass is 240 g/mol. The molecule has 0 amide bonds. The molecular weight excluding hydrogens is 208 g/mol. The van der Waals surface area contributed by atoms with Crippen molar-refractivity contribution in [2.45, 2.75) is 91.4 Å². The Balaban J connectivity index is 3.11. The molecule has 0 aromatic heterocycles. The second-order valence-electron chi connectivity index (χ2n) is 5.46. The normalized spacial score (nSPS) is 12.6. The second-order valence-corrected chi connectivity index (χ2v) is 5.46. The molecule has 0 saturated carbocycles. The van der Waals surface area contributed by atoms with Gasteiger partial charge in [0, 0.05) is 12.8 Å². The number of Topliss-reactive ketones (excluding diaryl/α,β-unsaturated/α-hetero) is 1. The molecule has 1 nitrogen and oxygen atoms in total. The largest absolute Gasteiger partial charge is 0.300 e. The van der Waals surface area contributed by atoms with Gasteiger partial charge >= 0.3 is 0 Å². The predicted molar refractivity (Wildman–Crippen MR) is 76.3 cm³/mol. The number of carbonyl (C=O) groups is 1. The molecule has 0 aromatic carbocycles. The number of rotatable bonds is 12. The molecule has 17 heavy (non-hydrogen) atoms. The lowest BCUT2D eigenvalue weighted by molar-refractivity contribution is -0.119.